The normalized spacial score (nSPS) is 20.7. The molecule has 0 amide bonds. The Morgan fingerprint density at radius 3 is 3.12 bits per heavy atom. The summed E-state index contributed by atoms with van der Waals surface area (Å²) in [5.41, 5.74) is 3.27. The van der Waals surface area contributed by atoms with E-state index in [0.29, 0.717) is 12.6 Å². The van der Waals surface area contributed by atoms with Crippen LogP contribution in [0.4, 0.5) is 5.13 Å². The molecule has 0 spiro atoms. The van der Waals surface area contributed by atoms with E-state index in [9.17, 15) is 0 Å². The summed E-state index contributed by atoms with van der Waals surface area (Å²) in [5, 5.41) is 7.98. The number of ether oxygens (including phenoxy) is 1. The number of benzene rings is 1. The van der Waals surface area contributed by atoms with Crippen LogP contribution < -0.4 is 10.1 Å². The Bertz CT molecular complexity index is 854. The van der Waals surface area contributed by atoms with Crippen molar-refractivity contribution in [2.45, 2.75) is 45.6 Å². The topological polar surface area (TPSA) is 49.9 Å². The van der Waals surface area contributed by atoms with Gasteiger partial charge in [-0.2, -0.15) is 0 Å². The fourth-order valence-corrected chi connectivity index (χ4v) is 4.56. The Hall–Kier alpha value is -2.01. The van der Waals surface area contributed by atoms with Crippen LogP contribution in [0.5, 0.6) is 5.75 Å². The molecular formula is C20H25N3OS. The fraction of sp³-hybridized carbons (Fsp3) is 0.450. The zero-order valence-corrected chi connectivity index (χ0v) is 15.7. The van der Waals surface area contributed by atoms with Crippen LogP contribution in [0.3, 0.4) is 0 Å². The SMILES string of the molecule is CCOc1ccc2[nH]cc(-c3csc(N[C@H]4CCC[C@H](C)C4)n3)c2c1. The lowest BCUT2D eigenvalue weighted by Gasteiger charge is -2.27. The van der Waals surface area contributed by atoms with Gasteiger partial charge in [0.1, 0.15) is 5.75 Å². The molecule has 2 heterocycles. The number of fused-ring (bicyclic) bond motifs is 1. The van der Waals surface area contributed by atoms with E-state index in [1.165, 1.54) is 25.7 Å². The Morgan fingerprint density at radius 1 is 1.36 bits per heavy atom. The Balaban J connectivity index is 1.57. The van der Waals surface area contributed by atoms with E-state index in [4.69, 9.17) is 9.72 Å². The third-order valence-corrected chi connectivity index (χ3v) is 5.78. The molecule has 0 saturated heterocycles. The van der Waals surface area contributed by atoms with Gasteiger partial charge in [0.25, 0.3) is 0 Å². The number of thiazole rings is 1. The zero-order chi connectivity index (χ0) is 17.2. The Morgan fingerprint density at radius 2 is 2.28 bits per heavy atom. The van der Waals surface area contributed by atoms with Gasteiger partial charge in [0.2, 0.25) is 0 Å². The van der Waals surface area contributed by atoms with Crippen LogP contribution in [-0.4, -0.2) is 22.6 Å². The standard InChI is InChI=1S/C20H25N3OS/c1-3-24-15-7-8-18-16(10-15)17(11-21-18)19-12-25-20(23-19)22-14-6-4-5-13(2)9-14/h7-8,10-14,21H,3-6,9H2,1-2H3,(H,22,23)/t13-,14-/m0/s1. The number of hydrogen-bond donors (Lipinski definition) is 2. The molecule has 2 atom stereocenters. The summed E-state index contributed by atoms with van der Waals surface area (Å²) in [6.45, 7) is 5.03. The van der Waals surface area contributed by atoms with Crippen LogP contribution in [0.2, 0.25) is 0 Å². The molecule has 132 valence electrons. The summed E-state index contributed by atoms with van der Waals surface area (Å²) in [4.78, 5) is 8.19. The van der Waals surface area contributed by atoms with Crippen LogP contribution >= 0.6 is 11.3 Å². The predicted molar refractivity (Wildman–Crippen MR) is 106 cm³/mol. The summed E-state index contributed by atoms with van der Waals surface area (Å²) in [6.07, 6.45) is 7.23. The second kappa shape index (κ2) is 7.08. The molecule has 25 heavy (non-hydrogen) atoms. The van der Waals surface area contributed by atoms with E-state index in [1.54, 1.807) is 11.3 Å². The van der Waals surface area contributed by atoms with Crippen molar-refractivity contribution in [1.82, 2.24) is 9.97 Å². The number of hydrogen-bond acceptors (Lipinski definition) is 4. The average molecular weight is 356 g/mol. The summed E-state index contributed by atoms with van der Waals surface area (Å²) < 4.78 is 5.65. The first kappa shape index (κ1) is 16.5. The summed E-state index contributed by atoms with van der Waals surface area (Å²) >= 11 is 1.70. The molecule has 1 aliphatic rings. The smallest absolute Gasteiger partial charge is 0.183 e. The summed E-state index contributed by atoms with van der Waals surface area (Å²) in [5.74, 6) is 1.72. The second-order valence-electron chi connectivity index (χ2n) is 6.99. The molecule has 1 fully saturated rings. The zero-order valence-electron chi connectivity index (χ0n) is 14.8. The van der Waals surface area contributed by atoms with Gasteiger partial charge >= 0.3 is 0 Å². The van der Waals surface area contributed by atoms with Crippen LogP contribution in [-0.2, 0) is 0 Å². The molecule has 2 N–H and O–H groups in total. The van der Waals surface area contributed by atoms with E-state index in [1.807, 2.05) is 19.2 Å². The lowest BCUT2D eigenvalue weighted by molar-refractivity contribution is 0.341. The third-order valence-electron chi connectivity index (χ3n) is 5.01. The monoisotopic (exact) mass is 355 g/mol. The Kier molecular flexibility index (Phi) is 4.66. The van der Waals surface area contributed by atoms with E-state index in [-0.39, 0.29) is 0 Å². The number of nitrogens with one attached hydrogen (secondary N) is 2. The van der Waals surface area contributed by atoms with Crippen molar-refractivity contribution in [3.8, 4) is 17.0 Å². The molecule has 1 aromatic carbocycles. The number of aromatic nitrogens is 2. The lowest BCUT2D eigenvalue weighted by Crippen LogP contribution is -2.26. The highest BCUT2D eigenvalue weighted by molar-refractivity contribution is 7.14. The Labute approximate surface area is 152 Å². The first-order chi connectivity index (χ1) is 12.2. The van der Waals surface area contributed by atoms with Crippen molar-refractivity contribution in [2.24, 2.45) is 5.92 Å². The van der Waals surface area contributed by atoms with Crippen molar-refractivity contribution in [3.63, 3.8) is 0 Å². The molecule has 1 aliphatic carbocycles. The highest BCUT2D eigenvalue weighted by Crippen LogP contribution is 2.34. The quantitative estimate of drug-likeness (QED) is 0.619. The molecule has 2 aromatic heterocycles. The molecule has 1 saturated carbocycles. The van der Waals surface area contributed by atoms with Gasteiger partial charge in [0, 0.05) is 34.1 Å². The molecule has 5 heteroatoms. The third kappa shape index (κ3) is 3.52. The van der Waals surface area contributed by atoms with Gasteiger partial charge in [-0.05, 0) is 43.9 Å². The second-order valence-corrected chi connectivity index (χ2v) is 7.85. The predicted octanol–water partition coefficient (Wildman–Crippen LogP) is 5.68. The maximum Gasteiger partial charge on any atom is 0.183 e. The number of anilines is 1. The molecule has 4 nitrogen and oxygen atoms in total. The van der Waals surface area contributed by atoms with Crippen molar-refractivity contribution in [3.05, 3.63) is 29.8 Å². The molecule has 0 unspecified atom stereocenters. The molecule has 0 aliphatic heterocycles. The van der Waals surface area contributed by atoms with E-state index in [0.717, 1.165) is 39.0 Å². The van der Waals surface area contributed by atoms with E-state index < -0.39 is 0 Å². The van der Waals surface area contributed by atoms with Gasteiger partial charge in [-0.1, -0.05) is 19.8 Å². The minimum Gasteiger partial charge on any atom is -0.494 e. The molecule has 4 rings (SSSR count). The number of rotatable bonds is 5. The molecule has 0 bridgehead atoms. The van der Waals surface area contributed by atoms with Crippen LogP contribution in [0.15, 0.2) is 29.8 Å². The number of nitrogens with zero attached hydrogens (tertiary/aromatic N) is 1. The van der Waals surface area contributed by atoms with Crippen molar-refractivity contribution < 1.29 is 4.74 Å². The van der Waals surface area contributed by atoms with Crippen molar-refractivity contribution in [1.29, 1.82) is 0 Å². The van der Waals surface area contributed by atoms with Gasteiger partial charge in [0.05, 0.1) is 12.3 Å². The highest BCUT2D eigenvalue weighted by Gasteiger charge is 2.20. The van der Waals surface area contributed by atoms with Crippen molar-refractivity contribution >= 4 is 27.4 Å². The first-order valence-electron chi connectivity index (χ1n) is 9.19. The van der Waals surface area contributed by atoms with Gasteiger partial charge < -0.3 is 15.0 Å². The van der Waals surface area contributed by atoms with Crippen LogP contribution in [0, 0.1) is 5.92 Å². The maximum atomic E-state index is 5.65. The minimum absolute atomic E-state index is 0.565. The van der Waals surface area contributed by atoms with Gasteiger partial charge in [-0.15, -0.1) is 11.3 Å². The molecule has 0 radical (unpaired) electrons. The van der Waals surface area contributed by atoms with E-state index >= 15 is 0 Å². The fourth-order valence-electron chi connectivity index (χ4n) is 3.77. The van der Waals surface area contributed by atoms with Gasteiger partial charge in [-0.3, -0.25) is 0 Å². The average Bonchev–Trinajstić information content (AvgIpc) is 3.21. The molecular weight excluding hydrogens is 330 g/mol. The number of H-pyrrole nitrogens is 1. The van der Waals surface area contributed by atoms with Crippen molar-refractivity contribution in [2.75, 3.05) is 11.9 Å². The molecule has 3 aromatic rings. The summed E-state index contributed by atoms with van der Waals surface area (Å²) in [6, 6.07) is 6.73. The highest BCUT2D eigenvalue weighted by atomic mass is 32.1. The lowest BCUT2D eigenvalue weighted by atomic mass is 9.87. The minimum atomic E-state index is 0.565. The summed E-state index contributed by atoms with van der Waals surface area (Å²) in [7, 11) is 0. The van der Waals surface area contributed by atoms with Gasteiger partial charge in [0.15, 0.2) is 5.13 Å². The largest absolute Gasteiger partial charge is 0.494 e. The first-order valence-corrected chi connectivity index (χ1v) is 10.1. The number of aromatic amines is 1. The van der Waals surface area contributed by atoms with Crippen LogP contribution in [0.25, 0.3) is 22.2 Å². The van der Waals surface area contributed by atoms with Gasteiger partial charge in [-0.25, -0.2) is 4.98 Å². The van der Waals surface area contributed by atoms with E-state index in [2.05, 4.69) is 34.7 Å². The van der Waals surface area contributed by atoms with Crippen LogP contribution in [0.1, 0.15) is 39.5 Å². The maximum absolute atomic E-state index is 5.65.